The Hall–Kier alpha value is -6.21. The molecule has 1 aliphatic carbocycles. The number of Topliss-reactive ketones (excluding diaryl/α,β-unsaturated/α-hetero) is 1. The zero-order chi connectivity index (χ0) is 56.6. The predicted molar refractivity (Wildman–Crippen MR) is 290 cm³/mol. The van der Waals surface area contributed by atoms with Crippen molar-refractivity contribution in [3.63, 3.8) is 0 Å². The van der Waals surface area contributed by atoms with Gasteiger partial charge in [0.25, 0.3) is 0 Å². The number of aliphatic hydroxyl groups excluding tert-OH is 1. The summed E-state index contributed by atoms with van der Waals surface area (Å²) in [6.45, 7) is 15.1. The lowest BCUT2D eigenvalue weighted by atomic mass is 9.96. The molecule has 8 amide bonds. The van der Waals surface area contributed by atoms with Crippen molar-refractivity contribution in [3.8, 4) is 0 Å². The van der Waals surface area contributed by atoms with Crippen molar-refractivity contribution < 1.29 is 48.3 Å². The Bertz CT molecular complexity index is 2290. The van der Waals surface area contributed by atoms with E-state index < -0.39 is 102 Å². The summed E-state index contributed by atoms with van der Waals surface area (Å²) in [7, 11) is 4.54. The first kappa shape index (κ1) is 62.3. The Morgan fingerprint density at radius 3 is 1.67 bits per heavy atom. The number of piperidine rings is 1. The Kier molecular flexibility index (Phi) is 24.1. The Labute approximate surface area is 450 Å². The molecule has 1 heterocycles. The fraction of sp³-hybridized carbons (Fsp3) is 0.632. The van der Waals surface area contributed by atoms with Gasteiger partial charge in [0.15, 0.2) is 0 Å². The van der Waals surface area contributed by atoms with Crippen molar-refractivity contribution in [3.05, 3.63) is 71.8 Å². The quantitative estimate of drug-likeness (QED) is 0.0722. The minimum Gasteiger partial charge on any atom is -0.391 e. The van der Waals surface area contributed by atoms with Gasteiger partial charge >= 0.3 is 0 Å². The maximum atomic E-state index is 14.4. The van der Waals surface area contributed by atoms with Crippen LogP contribution < -0.4 is 27.0 Å². The Morgan fingerprint density at radius 2 is 1.16 bits per heavy atom. The summed E-state index contributed by atoms with van der Waals surface area (Å²) < 4.78 is 0. The molecule has 1 saturated heterocycles. The van der Waals surface area contributed by atoms with Gasteiger partial charge < -0.3 is 51.7 Å². The molecule has 2 unspecified atom stereocenters. The van der Waals surface area contributed by atoms with Crippen LogP contribution in [0.25, 0.3) is 0 Å². The number of rotatable bonds is 28. The van der Waals surface area contributed by atoms with Gasteiger partial charge in [-0.25, -0.2) is 0 Å². The highest BCUT2D eigenvalue weighted by molar-refractivity contribution is 5.98. The summed E-state index contributed by atoms with van der Waals surface area (Å²) in [5.41, 5.74) is 7.90. The van der Waals surface area contributed by atoms with E-state index in [1.54, 1.807) is 30.7 Å². The van der Waals surface area contributed by atoms with E-state index in [1.807, 2.05) is 88.4 Å². The summed E-state index contributed by atoms with van der Waals surface area (Å²) in [4.78, 5) is 130. The zero-order valence-corrected chi connectivity index (χ0v) is 46.8. The Morgan fingerprint density at radius 1 is 0.632 bits per heavy atom. The number of nitrogens with two attached hydrogens (primary N) is 1. The lowest BCUT2D eigenvalue weighted by Gasteiger charge is -2.38. The molecule has 0 radical (unpaired) electrons. The average molecular weight is 1060 g/mol. The van der Waals surface area contributed by atoms with Crippen LogP contribution in [0.15, 0.2) is 60.7 Å². The summed E-state index contributed by atoms with van der Waals surface area (Å²) in [6.07, 6.45) is 2.03. The number of likely N-dealkylation sites (tertiary alicyclic amines) is 1. The number of amides is 8. The molecule has 0 aromatic heterocycles. The SMILES string of the molecule is CC(C)CC(CC(=O)N[C@H](C(=O)N(C)[C@@H](C)C(=O)N(C)[C@@H](Cc1ccccc1)C(=O)N(C)C(CC(C)C)[C@@H]1CC1=O)[C@@H](C)O)NC(=O)[C@H](NC(=O)C[C@H](NC(=O)[C@@H](N)Cc1ccccc1)C(=O)N1CCCCC1)C(C)C. The van der Waals surface area contributed by atoms with Gasteiger partial charge in [-0.15, -0.1) is 0 Å². The van der Waals surface area contributed by atoms with Crippen molar-refractivity contribution in [2.24, 2.45) is 29.4 Å². The molecule has 1 aliphatic heterocycles. The predicted octanol–water partition coefficient (Wildman–Crippen LogP) is 2.75. The van der Waals surface area contributed by atoms with Crippen molar-refractivity contribution in [2.45, 2.75) is 174 Å². The molecule has 2 aromatic carbocycles. The molecular weight excluding hydrogens is 971 g/mol. The van der Waals surface area contributed by atoms with Crippen molar-refractivity contribution in [1.29, 1.82) is 0 Å². The third-order valence-corrected chi connectivity index (χ3v) is 14.5. The maximum Gasteiger partial charge on any atom is 0.248 e. The van der Waals surface area contributed by atoms with Crippen LogP contribution in [0.2, 0.25) is 0 Å². The van der Waals surface area contributed by atoms with Gasteiger partial charge in [-0.2, -0.15) is 0 Å². The molecule has 2 aromatic rings. The topological polar surface area (TPSA) is 261 Å². The molecule has 0 bridgehead atoms. The lowest BCUT2D eigenvalue weighted by Crippen LogP contribution is -2.59. The molecule has 76 heavy (non-hydrogen) atoms. The highest BCUT2D eigenvalue weighted by Crippen LogP contribution is 2.35. The van der Waals surface area contributed by atoms with Gasteiger partial charge in [0, 0.05) is 71.5 Å². The van der Waals surface area contributed by atoms with Gasteiger partial charge in [-0.3, -0.25) is 43.2 Å². The maximum absolute atomic E-state index is 14.4. The highest BCUT2D eigenvalue weighted by Gasteiger charge is 2.46. The second-order valence-corrected chi connectivity index (χ2v) is 22.3. The summed E-state index contributed by atoms with van der Waals surface area (Å²) in [5.74, 6) is -5.09. The van der Waals surface area contributed by atoms with Crippen LogP contribution in [0.5, 0.6) is 0 Å². The van der Waals surface area contributed by atoms with Crippen LogP contribution >= 0.6 is 0 Å². The minimum atomic E-state index is -1.51. The van der Waals surface area contributed by atoms with E-state index in [1.165, 1.54) is 32.8 Å². The molecule has 19 nitrogen and oxygen atoms in total. The number of carbonyl (C=O) groups is 9. The van der Waals surface area contributed by atoms with E-state index in [2.05, 4.69) is 21.3 Å². The summed E-state index contributed by atoms with van der Waals surface area (Å²) in [5, 5.41) is 21.9. The van der Waals surface area contributed by atoms with Gasteiger partial charge in [0.05, 0.1) is 18.6 Å². The van der Waals surface area contributed by atoms with E-state index >= 15 is 0 Å². The van der Waals surface area contributed by atoms with Gasteiger partial charge in [-0.1, -0.05) is 102 Å². The molecule has 420 valence electrons. The van der Waals surface area contributed by atoms with Crippen molar-refractivity contribution in [2.75, 3.05) is 34.2 Å². The molecule has 2 fully saturated rings. The van der Waals surface area contributed by atoms with Crippen LogP contribution in [0, 0.1) is 23.7 Å². The average Bonchev–Trinajstić information content (AvgIpc) is 4.11. The molecule has 1 saturated carbocycles. The standard InChI is InChI=1S/C57H87N9O10/c1-34(2)27-41(59-53(72)50(36(5)6)61-49(70)33-44(55(74)66-25-19-14-20-26-66)60-52(71)43(58)29-39-21-15-12-16-22-39)31-48(69)62-51(38(8)67)57(76)63(9)37(7)54(73)65(11)46(30-40-23-17-13-18-24-40)56(75)64(10)45(28-35(3)4)42-32-47(42)68/h12-13,15-18,21-24,34-38,41-46,50-51,67H,14,19-20,25-33,58H2,1-11H3,(H,59,72)(H,60,71)(H,61,70)(H,62,69)/t37-,38+,41?,42-,43-,44-,45?,46-,50+,51-/m0/s1. The number of likely N-dealkylation sites (N-methyl/N-ethyl adjacent to an activating group) is 3. The van der Waals surface area contributed by atoms with E-state index in [-0.39, 0.29) is 54.7 Å². The van der Waals surface area contributed by atoms with E-state index in [9.17, 15) is 48.3 Å². The third kappa shape index (κ3) is 18.5. The smallest absolute Gasteiger partial charge is 0.248 e. The fourth-order valence-electron chi connectivity index (χ4n) is 9.86. The van der Waals surface area contributed by atoms with Crippen LogP contribution in [0.1, 0.15) is 118 Å². The van der Waals surface area contributed by atoms with Gasteiger partial charge in [-0.05, 0) is 81.3 Å². The lowest BCUT2D eigenvalue weighted by molar-refractivity contribution is -0.151. The second-order valence-electron chi connectivity index (χ2n) is 22.3. The number of nitrogens with zero attached hydrogens (tertiary/aromatic N) is 4. The molecule has 2 aliphatic rings. The fourth-order valence-corrected chi connectivity index (χ4v) is 9.86. The molecular formula is C57H87N9O10. The second kappa shape index (κ2) is 29.3. The zero-order valence-electron chi connectivity index (χ0n) is 46.8. The largest absolute Gasteiger partial charge is 0.391 e. The van der Waals surface area contributed by atoms with Crippen LogP contribution in [0.4, 0.5) is 0 Å². The number of ketones is 1. The number of benzene rings is 2. The minimum absolute atomic E-state index is 0.0255. The molecule has 19 heteroatoms. The third-order valence-electron chi connectivity index (χ3n) is 14.5. The van der Waals surface area contributed by atoms with Gasteiger partial charge in [0.2, 0.25) is 47.3 Å². The number of nitrogens with one attached hydrogen (secondary N) is 4. The summed E-state index contributed by atoms with van der Waals surface area (Å²) >= 11 is 0. The molecule has 4 rings (SSSR count). The highest BCUT2D eigenvalue weighted by atomic mass is 16.3. The number of hydrogen-bond acceptors (Lipinski definition) is 11. The number of hydrogen-bond donors (Lipinski definition) is 6. The monoisotopic (exact) mass is 1060 g/mol. The molecule has 10 atom stereocenters. The van der Waals surface area contributed by atoms with E-state index in [0.717, 1.165) is 35.3 Å². The van der Waals surface area contributed by atoms with Crippen LogP contribution in [0.3, 0.4) is 0 Å². The van der Waals surface area contributed by atoms with Gasteiger partial charge in [0.1, 0.15) is 36.0 Å². The number of aliphatic hydroxyl groups is 1. The van der Waals surface area contributed by atoms with E-state index in [4.69, 9.17) is 5.73 Å². The summed E-state index contributed by atoms with van der Waals surface area (Å²) in [6, 6.07) is 10.3. The first-order chi connectivity index (χ1) is 35.8. The normalized spacial score (nSPS) is 18.0. The molecule has 0 spiro atoms. The number of carbonyl (C=O) groups excluding carboxylic acids is 9. The van der Waals surface area contributed by atoms with Crippen molar-refractivity contribution >= 4 is 53.0 Å². The Balaban J connectivity index is 1.45. The van der Waals surface area contributed by atoms with Crippen molar-refractivity contribution in [1.82, 2.24) is 40.9 Å². The first-order valence-electron chi connectivity index (χ1n) is 27.1. The first-order valence-corrected chi connectivity index (χ1v) is 27.1. The van der Waals surface area contributed by atoms with Crippen LogP contribution in [-0.4, -0.2) is 166 Å². The van der Waals surface area contributed by atoms with Crippen LogP contribution in [-0.2, 0) is 56.0 Å². The van der Waals surface area contributed by atoms with E-state index in [0.29, 0.717) is 32.4 Å². The molecule has 7 N–H and O–H groups in total.